The third kappa shape index (κ3) is 4.30. The molecule has 1 aromatic rings. The zero-order chi connectivity index (χ0) is 14.5. The van der Waals surface area contributed by atoms with E-state index in [0.29, 0.717) is 5.92 Å². The van der Waals surface area contributed by atoms with Crippen LogP contribution in [0, 0.1) is 18.8 Å². The smallest absolute Gasteiger partial charge is 0.303 e. The molecule has 2 heterocycles. The van der Waals surface area contributed by atoms with E-state index >= 15 is 0 Å². The lowest BCUT2D eigenvalue weighted by Gasteiger charge is -2.35. The van der Waals surface area contributed by atoms with Gasteiger partial charge < -0.3 is 5.11 Å². The van der Waals surface area contributed by atoms with E-state index in [4.69, 9.17) is 5.11 Å². The van der Waals surface area contributed by atoms with Crippen LogP contribution < -0.4 is 0 Å². The summed E-state index contributed by atoms with van der Waals surface area (Å²) in [6.07, 6.45) is 4.54. The molecule has 1 N–H and O–H groups in total. The van der Waals surface area contributed by atoms with Gasteiger partial charge in [-0.2, -0.15) is 0 Å². The standard InChI is InChI=1S/C16H24N2O2/c1-12(8-16(19)20)15-4-3-7-18(11-15)10-14-6-5-13(2)17-9-14/h5-6,9,12,15H,3-4,7-8,10-11H2,1-2H3,(H,19,20). The van der Waals surface area contributed by atoms with Crippen LogP contribution in [0.5, 0.6) is 0 Å². The second-order valence-corrected chi connectivity index (χ2v) is 6.02. The number of hydrogen-bond acceptors (Lipinski definition) is 3. The largest absolute Gasteiger partial charge is 0.481 e. The Morgan fingerprint density at radius 1 is 1.55 bits per heavy atom. The Kier molecular flexibility index (Phi) is 5.12. The van der Waals surface area contributed by atoms with Gasteiger partial charge in [0, 0.05) is 31.4 Å². The van der Waals surface area contributed by atoms with Crippen LogP contribution in [0.25, 0.3) is 0 Å². The fourth-order valence-electron chi connectivity index (χ4n) is 2.99. The first-order valence-electron chi connectivity index (χ1n) is 7.40. The van der Waals surface area contributed by atoms with Crippen molar-refractivity contribution in [3.8, 4) is 0 Å². The van der Waals surface area contributed by atoms with Crippen molar-refractivity contribution in [1.82, 2.24) is 9.88 Å². The molecule has 110 valence electrons. The molecular weight excluding hydrogens is 252 g/mol. The van der Waals surface area contributed by atoms with Gasteiger partial charge in [-0.15, -0.1) is 0 Å². The maximum atomic E-state index is 10.8. The van der Waals surface area contributed by atoms with Gasteiger partial charge in [0.1, 0.15) is 0 Å². The Balaban J connectivity index is 1.89. The molecule has 0 radical (unpaired) electrons. The second-order valence-electron chi connectivity index (χ2n) is 6.02. The SMILES string of the molecule is Cc1ccc(CN2CCCC(C(C)CC(=O)O)C2)cn1. The van der Waals surface area contributed by atoms with Crippen LogP contribution in [0.3, 0.4) is 0 Å². The number of aryl methyl sites for hydroxylation is 1. The molecule has 1 aliphatic heterocycles. The zero-order valence-corrected chi connectivity index (χ0v) is 12.4. The van der Waals surface area contributed by atoms with Crippen molar-refractivity contribution in [3.63, 3.8) is 0 Å². The Labute approximate surface area is 120 Å². The van der Waals surface area contributed by atoms with Crippen LogP contribution in [0.4, 0.5) is 0 Å². The third-order valence-corrected chi connectivity index (χ3v) is 4.22. The summed E-state index contributed by atoms with van der Waals surface area (Å²) in [7, 11) is 0. The lowest BCUT2D eigenvalue weighted by Crippen LogP contribution is -2.37. The van der Waals surface area contributed by atoms with Gasteiger partial charge >= 0.3 is 5.97 Å². The number of carbonyl (C=O) groups is 1. The van der Waals surface area contributed by atoms with Crippen LogP contribution in [-0.2, 0) is 11.3 Å². The number of rotatable bonds is 5. The third-order valence-electron chi connectivity index (χ3n) is 4.22. The van der Waals surface area contributed by atoms with Gasteiger partial charge in [0.05, 0.1) is 0 Å². The van der Waals surface area contributed by atoms with Crippen molar-refractivity contribution < 1.29 is 9.90 Å². The molecule has 2 atom stereocenters. The Hall–Kier alpha value is -1.42. The first kappa shape index (κ1) is 15.0. The van der Waals surface area contributed by atoms with Crippen LogP contribution in [0.1, 0.15) is 37.4 Å². The number of aliphatic carboxylic acids is 1. The Bertz CT molecular complexity index is 444. The highest BCUT2D eigenvalue weighted by Gasteiger charge is 2.25. The Morgan fingerprint density at radius 3 is 3.00 bits per heavy atom. The van der Waals surface area contributed by atoms with Crippen LogP contribution >= 0.6 is 0 Å². The highest BCUT2D eigenvalue weighted by Crippen LogP contribution is 2.26. The Morgan fingerprint density at radius 2 is 2.35 bits per heavy atom. The first-order valence-corrected chi connectivity index (χ1v) is 7.40. The minimum absolute atomic E-state index is 0.256. The van der Waals surface area contributed by atoms with Crippen LogP contribution in [0.2, 0.25) is 0 Å². The molecule has 2 rings (SSSR count). The summed E-state index contributed by atoms with van der Waals surface area (Å²) < 4.78 is 0. The molecule has 20 heavy (non-hydrogen) atoms. The molecule has 0 aliphatic carbocycles. The summed E-state index contributed by atoms with van der Waals surface area (Å²) in [5.41, 5.74) is 2.28. The monoisotopic (exact) mass is 276 g/mol. The number of likely N-dealkylation sites (tertiary alicyclic amines) is 1. The molecule has 1 fully saturated rings. The van der Waals surface area contributed by atoms with Crippen molar-refractivity contribution in [2.24, 2.45) is 11.8 Å². The van der Waals surface area contributed by atoms with E-state index in [1.165, 1.54) is 5.56 Å². The predicted octanol–water partition coefficient (Wildman–Crippen LogP) is 2.71. The van der Waals surface area contributed by atoms with Crippen LogP contribution in [0.15, 0.2) is 18.3 Å². The fourth-order valence-corrected chi connectivity index (χ4v) is 2.99. The van der Waals surface area contributed by atoms with E-state index in [-0.39, 0.29) is 12.3 Å². The van der Waals surface area contributed by atoms with E-state index < -0.39 is 5.97 Å². The molecule has 0 aromatic carbocycles. The summed E-state index contributed by atoms with van der Waals surface area (Å²) in [5.74, 6) is 0.0714. The quantitative estimate of drug-likeness (QED) is 0.898. The van der Waals surface area contributed by atoms with Gasteiger partial charge in [0.25, 0.3) is 0 Å². The molecule has 1 aromatic heterocycles. The maximum Gasteiger partial charge on any atom is 0.303 e. The number of piperidine rings is 1. The molecule has 0 saturated carbocycles. The van der Waals surface area contributed by atoms with Crippen molar-refractivity contribution in [2.45, 2.75) is 39.7 Å². The van der Waals surface area contributed by atoms with Gasteiger partial charge in [-0.05, 0) is 49.8 Å². The number of aromatic nitrogens is 1. The molecule has 4 nitrogen and oxygen atoms in total. The van der Waals surface area contributed by atoms with Crippen molar-refractivity contribution in [2.75, 3.05) is 13.1 Å². The fraction of sp³-hybridized carbons (Fsp3) is 0.625. The molecule has 2 unspecified atom stereocenters. The van der Waals surface area contributed by atoms with E-state index in [0.717, 1.165) is 38.2 Å². The number of pyridine rings is 1. The highest BCUT2D eigenvalue weighted by atomic mass is 16.4. The van der Waals surface area contributed by atoms with Gasteiger partial charge in [-0.25, -0.2) is 0 Å². The van der Waals surface area contributed by atoms with E-state index in [9.17, 15) is 4.79 Å². The van der Waals surface area contributed by atoms with Crippen molar-refractivity contribution in [3.05, 3.63) is 29.6 Å². The molecule has 1 saturated heterocycles. The van der Waals surface area contributed by atoms with E-state index in [1.54, 1.807) is 0 Å². The topological polar surface area (TPSA) is 53.4 Å². The normalized spacial score (nSPS) is 21.6. The number of hydrogen-bond donors (Lipinski definition) is 1. The zero-order valence-electron chi connectivity index (χ0n) is 12.4. The van der Waals surface area contributed by atoms with E-state index in [1.807, 2.05) is 19.2 Å². The van der Waals surface area contributed by atoms with Gasteiger partial charge in [0.15, 0.2) is 0 Å². The average Bonchev–Trinajstić information content (AvgIpc) is 2.41. The lowest BCUT2D eigenvalue weighted by molar-refractivity contribution is -0.138. The summed E-state index contributed by atoms with van der Waals surface area (Å²) in [6.45, 7) is 7.08. The predicted molar refractivity (Wildman–Crippen MR) is 78.4 cm³/mol. The number of nitrogens with zero attached hydrogens (tertiary/aromatic N) is 2. The minimum atomic E-state index is -0.683. The second kappa shape index (κ2) is 6.84. The van der Waals surface area contributed by atoms with Crippen LogP contribution in [-0.4, -0.2) is 34.0 Å². The molecular formula is C16H24N2O2. The summed E-state index contributed by atoms with van der Waals surface area (Å²) in [6, 6.07) is 4.18. The van der Waals surface area contributed by atoms with Crippen molar-refractivity contribution in [1.29, 1.82) is 0 Å². The number of carboxylic acid groups (broad SMARTS) is 1. The molecule has 1 aliphatic rings. The van der Waals surface area contributed by atoms with Crippen molar-refractivity contribution >= 4 is 5.97 Å². The molecule has 0 bridgehead atoms. The van der Waals surface area contributed by atoms with Gasteiger partial charge in [-0.1, -0.05) is 13.0 Å². The molecule has 4 heteroatoms. The number of carboxylic acids is 1. The first-order chi connectivity index (χ1) is 9.54. The minimum Gasteiger partial charge on any atom is -0.481 e. The van der Waals surface area contributed by atoms with E-state index in [2.05, 4.69) is 22.9 Å². The molecule has 0 amide bonds. The summed E-state index contributed by atoms with van der Waals surface area (Å²) in [4.78, 5) is 17.6. The summed E-state index contributed by atoms with van der Waals surface area (Å²) in [5, 5.41) is 8.92. The average molecular weight is 276 g/mol. The lowest BCUT2D eigenvalue weighted by atomic mass is 9.84. The van der Waals surface area contributed by atoms with Gasteiger partial charge in [-0.3, -0.25) is 14.7 Å². The van der Waals surface area contributed by atoms with Gasteiger partial charge in [0.2, 0.25) is 0 Å². The summed E-state index contributed by atoms with van der Waals surface area (Å²) >= 11 is 0. The maximum absolute atomic E-state index is 10.8. The molecule has 0 spiro atoms. The highest BCUT2D eigenvalue weighted by molar-refractivity contribution is 5.67.